The van der Waals surface area contributed by atoms with E-state index in [9.17, 15) is 0 Å². The number of hydrogen-bond acceptors (Lipinski definition) is 1. The van der Waals surface area contributed by atoms with Crippen molar-refractivity contribution in [1.29, 1.82) is 0 Å². The molecule has 0 spiro atoms. The van der Waals surface area contributed by atoms with E-state index in [0.29, 0.717) is 0 Å². The Balaban J connectivity index is 1.17. The lowest BCUT2D eigenvalue weighted by atomic mass is 10.00. The topological polar surface area (TPSA) is 8.17 Å². The van der Waals surface area contributed by atoms with Gasteiger partial charge in [-0.1, -0.05) is 158 Å². The molecule has 0 aliphatic carbocycles. The van der Waals surface area contributed by atoms with E-state index in [2.05, 4.69) is 228 Å². The third kappa shape index (κ3) is 5.71. The largest absolute Gasteiger partial charge is 0.310 e. The van der Waals surface area contributed by atoms with Gasteiger partial charge in [-0.2, -0.15) is 0 Å². The van der Waals surface area contributed by atoms with Crippen LogP contribution in [-0.2, 0) is 0 Å². The van der Waals surface area contributed by atoms with E-state index < -0.39 is 0 Å². The summed E-state index contributed by atoms with van der Waals surface area (Å²) in [6.45, 7) is 0. The van der Waals surface area contributed by atoms with Crippen LogP contribution in [0.2, 0.25) is 0 Å². The SMILES string of the molecule is c1ccc(-c2ccc(N(c3ccc(-c4ccc5ccccc5c4)cc3)c3cc(-c4ccccc4)cc(-n4c5ccccc5c5ccccc54)c3)cc2)cc1. The highest BCUT2D eigenvalue weighted by Crippen LogP contribution is 2.41. The van der Waals surface area contributed by atoms with Gasteiger partial charge in [-0.25, -0.2) is 0 Å². The normalized spacial score (nSPS) is 11.3. The Bertz CT molecular complexity index is 2850. The van der Waals surface area contributed by atoms with Crippen molar-refractivity contribution in [3.05, 3.63) is 218 Å². The molecule has 54 heavy (non-hydrogen) atoms. The van der Waals surface area contributed by atoms with Crippen molar-refractivity contribution < 1.29 is 0 Å². The van der Waals surface area contributed by atoms with Gasteiger partial charge in [0.2, 0.25) is 0 Å². The molecular formula is C52H36N2. The maximum absolute atomic E-state index is 2.42. The fraction of sp³-hybridized carbons (Fsp3) is 0. The van der Waals surface area contributed by atoms with Gasteiger partial charge in [-0.3, -0.25) is 0 Å². The summed E-state index contributed by atoms with van der Waals surface area (Å²) in [6.07, 6.45) is 0. The lowest BCUT2D eigenvalue weighted by Crippen LogP contribution is -2.11. The maximum Gasteiger partial charge on any atom is 0.0541 e. The second-order valence-corrected chi connectivity index (χ2v) is 13.8. The molecule has 0 saturated heterocycles. The van der Waals surface area contributed by atoms with Crippen molar-refractivity contribution in [2.45, 2.75) is 0 Å². The van der Waals surface area contributed by atoms with Crippen LogP contribution in [0, 0.1) is 0 Å². The lowest BCUT2D eigenvalue weighted by Gasteiger charge is -2.27. The number of anilines is 3. The molecule has 9 aromatic carbocycles. The first-order valence-electron chi connectivity index (χ1n) is 18.5. The highest BCUT2D eigenvalue weighted by Gasteiger charge is 2.19. The molecule has 0 saturated carbocycles. The fourth-order valence-electron chi connectivity index (χ4n) is 7.90. The van der Waals surface area contributed by atoms with Crippen molar-refractivity contribution in [3.63, 3.8) is 0 Å². The van der Waals surface area contributed by atoms with Crippen LogP contribution in [0.1, 0.15) is 0 Å². The lowest BCUT2D eigenvalue weighted by molar-refractivity contribution is 1.17. The van der Waals surface area contributed by atoms with E-state index in [1.54, 1.807) is 0 Å². The molecule has 0 aliphatic rings. The van der Waals surface area contributed by atoms with Crippen LogP contribution in [0.4, 0.5) is 17.1 Å². The molecule has 0 unspecified atom stereocenters. The molecular weight excluding hydrogens is 653 g/mol. The molecule has 0 bridgehead atoms. The minimum atomic E-state index is 1.08. The molecule has 2 heteroatoms. The van der Waals surface area contributed by atoms with Crippen LogP contribution in [0.3, 0.4) is 0 Å². The molecule has 0 radical (unpaired) electrons. The zero-order valence-electron chi connectivity index (χ0n) is 29.7. The molecule has 254 valence electrons. The number of fused-ring (bicyclic) bond motifs is 4. The van der Waals surface area contributed by atoms with Gasteiger partial charge in [0, 0.05) is 33.5 Å². The van der Waals surface area contributed by atoms with Crippen molar-refractivity contribution in [2.75, 3.05) is 4.90 Å². The minimum absolute atomic E-state index is 1.08. The predicted octanol–water partition coefficient (Wildman–Crippen LogP) is 14.4. The summed E-state index contributed by atoms with van der Waals surface area (Å²) in [5.74, 6) is 0. The van der Waals surface area contributed by atoms with Gasteiger partial charge < -0.3 is 9.47 Å². The number of benzene rings is 9. The summed E-state index contributed by atoms with van der Waals surface area (Å²) in [7, 11) is 0. The average Bonchev–Trinajstić information content (AvgIpc) is 3.59. The Morgan fingerprint density at radius 3 is 1.35 bits per heavy atom. The van der Waals surface area contributed by atoms with Crippen LogP contribution in [0.5, 0.6) is 0 Å². The molecule has 2 nitrogen and oxygen atoms in total. The zero-order chi connectivity index (χ0) is 35.8. The van der Waals surface area contributed by atoms with Gasteiger partial charge in [0.05, 0.1) is 11.0 Å². The number of hydrogen-bond donors (Lipinski definition) is 0. The Hall–Kier alpha value is -7.16. The van der Waals surface area contributed by atoms with Gasteiger partial charge in [-0.05, 0) is 105 Å². The molecule has 10 rings (SSSR count). The van der Waals surface area contributed by atoms with Crippen molar-refractivity contribution in [1.82, 2.24) is 4.57 Å². The number of aromatic nitrogens is 1. The zero-order valence-corrected chi connectivity index (χ0v) is 29.7. The standard InChI is InChI=1S/C52H36N2/c1-3-13-37(14-4-1)40-25-29-45(30-26-40)53(46-31-27-41(28-32-46)43-24-23-39-17-7-8-18-42(39)33-43)47-34-44(38-15-5-2-6-16-38)35-48(36-47)54-51-21-11-9-19-49(51)50-20-10-12-22-52(50)54/h1-36H. The van der Waals surface area contributed by atoms with Crippen molar-refractivity contribution >= 4 is 49.6 Å². The van der Waals surface area contributed by atoms with Gasteiger partial charge >= 0.3 is 0 Å². The maximum atomic E-state index is 2.42. The molecule has 0 aliphatic heterocycles. The van der Waals surface area contributed by atoms with Crippen LogP contribution < -0.4 is 4.90 Å². The minimum Gasteiger partial charge on any atom is -0.310 e. The first-order chi connectivity index (χ1) is 26.8. The Morgan fingerprint density at radius 1 is 0.278 bits per heavy atom. The van der Waals surface area contributed by atoms with Crippen LogP contribution in [-0.4, -0.2) is 4.57 Å². The van der Waals surface area contributed by atoms with E-state index in [-0.39, 0.29) is 0 Å². The van der Waals surface area contributed by atoms with Gasteiger partial charge in [-0.15, -0.1) is 0 Å². The molecule has 10 aromatic rings. The number of rotatable bonds is 7. The van der Waals surface area contributed by atoms with Crippen LogP contribution >= 0.6 is 0 Å². The summed E-state index contributed by atoms with van der Waals surface area (Å²) in [6, 6.07) is 79.0. The van der Waals surface area contributed by atoms with Crippen molar-refractivity contribution in [3.8, 4) is 39.1 Å². The molecule has 0 fully saturated rings. The fourth-order valence-corrected chi connectivity index (χ4v) is 7.90. The molecule has 1 aromatic heterocycles. The van der Waals surface area contributed by atoms with E-state index in [1.807, 2.05) is 0 Å². The molecule has 0 atom stereocenters. The summed E-state index contributed by atoms with van der Waals surface area (Å²) >= 11 is 0. The monoisotopic (exact) mass is 688 g/mol. The summed E-state index contributed by atoms with van der Waals surface area (Å²) in [5.41, 5.74) is 13.9. The summed E-state index contributed by atoms with van der Waals surface area (Å²) in [4.78, 5) is 2.39. The quantitative estimate of drug-likeness (QED) is 0.162. The molecule has 0 amide bonds. The van der Waals surface area contributed by atoms with E-state index in [4.69, 9.17) is 0 Å². The second-order valence-electron chi connectivity index (χ2n) is 13.8. The highest BCUT2D eigenvalue weighted by molar-refractivity contribution is 6.09. The van der Waals surface area contributed by atoms with Crippen molar-refractivity contribution in [2.24, 2.45) is 0 Å². The van der Waals surface area contributed by atoms with E-state index in [0.717, 1.165) is 28.3 Å². The Morgan fingerprint density at radius 2 is 0.741 bits per heavy atom. The van der Waals surface area contributed by atoms with E-state index in [1.165, 1.54) is 60.4 Å². The number of nitrogens with zero attached hydrogens (tertiary/aromatic N) is 2. The summed E-state index contributed by atoms with van der Waals surface area (Å²) in [5, 5.41) is 4.99. The first kappa shape index (κ1) is 31.6. The van der Waals surface area contributed by atoms with Gasteiger partial charge in [0.25, 0.3) is 0 Å². The third-order valence-electron chi connectivity index (χ3n) is 10.5. The average molecular weight is 689 g/mol. The van der Waals surface area contributed by atoms with Gasteiger partial charge in [0.15, 0.2) is 0 Å². The van der Waals surface area contributed by atoms with E-state index >= 15 is 0 Å². The van der Waals surface area contributed by atoms with Gasteiger partial charge in [0.1, 0.15) is 0 Å². The highest BCUT2D eigenvalue weighted by atomic mass is 15.1. The van der Waals surface area contributed by atoms with Crippen LogP contribution in [0.25, 0.3) is 71.6 Å². The molecule has 0 N–H and O–H groups in total. The Kier molecular flexibility index (Phi) is 7.85. The predicted molar refractivity (Wildman–Crippen MR) is 229 cm³/mol. The first-order valence-corrected chi connectivity index (χ1v) is 18.5. The second kappa shape index (κ2) is 13.4. The van der Waals surface area contributed by atoms with Crippen LogP contribution in [0.15, 0.2) is 218 Å². The number of para-hydroxylation sites is 2. The smallest absolute Gasteiger partial charge is 0.0541 e. The Labute approximate surface area is 315 Å². The molecule has 1 heterocycles. The third-order valence-corrected chi connectivity index (χ3v) is 10.5. The summed E-state index contributed by atoms with van der Waals surface area (Å²) < 4.78 is 2.42.